The van der Waals surface area contributed by atoms with Crippen LogP contribution in [0, 0.1) is 12.8 Å². The molecule has 0 unspecified atom stereocenters. The van der Waals surface area contributed by atoms with Crippen molar-refractivity contribution in [2.24, 2.45) is 5.92 Å². The van der Waals surface area contributed by atoms with Crippen molar-refractivity contribution < 1.29 is 4.79 Å². The number of H-pyrrole nitrogens is 1. The molecule has 0 spiro atoms. The van der Waals surface area contributed by atoms with Crippen LogP contribution in [0.5, 0.6) is 0 Å². The molecular formula is C19H20N6O2. The lowest BCUT2D eigenvalue weighted by molar-refractivity contribution is -0.131. The van der Waals surface area contributed by atoms with Gasteiger partial charge in [0.25, 0.3) is 5.56 Å². The normalized spacial score (nSPS) is 21.3. The lowest BCUT2D eigenvalue weighted by atomic mass is 9.80. The van der Waals surface area contributed by atoms with Gasteiger partial charge in [-0.2, -0.15) is 0 Å². The van der Waals surface area contributed by atoms with E-state index in [0.717, 1.165) is 35.1 Å². The third kappa shape index (κ3) is 2.63. The first-order valence-electron chi connectivity index (χ1n) is 9.26. The van der Waals surface area contributed by atoms with E-state index in [0.29, 0.717) is 24.8 Å². The molecular weight excluding hydrogens is 344 g/mol. The molecule has 1 aliphatic heterocycles. The summed E-state index contributed by atoms with van der Waals surface area (Å²) in [6.07, 6.45) is 1.65. The van der Waals surface area contributed by atoms with Gasteiger partial charge in [0.1, 0.15) is 17.9 Å². The zero-order valence-corrected chi connectivity index (χ0v) is 15.1. The topological polar surface area (TPSA) is 96.8 Å². The molecule has 0 saturated carbocycles. The maximum atomic E-state index is 12.9. The van der Waals surface area contributed by atoms with Crippen LogP contribution in [0.4, 0.5) is 0 Å². The number of aryl methyl sites for hydroxylation is 1. The van der Waals surface area contributed by atoms with Crippen molar-refractivity contribution in [2.75, 3.05) is 13.1 Å². The van der Waals surface area contributed by atoms with Gasteiger partial charge >= 0.3 is 0 Å². The van der Waals surface area contributed by atoms with Gasteiger partial charge in [-0.25, -0.2) is 9.67 Å². The van der Waals surface area contributed by atoms with Crippen LogP contribution < -0.4 is 5.56 Å². The summed E-state index contributed by atoms with van der Waals surface area (Å²) >= 11 is 0. The lowest BCUT2D eigenvalue weighted by Gasteiger charge is -2.25. The Morgan fingerprint density at radius 2 is 2.15 bits per heavy atom. The molecule has 2 aromatic heterocycles. The van der Waals surface area contributed by atoms with Crippen LogP contribution >= 0.6 is 0 Å². The molecule has 1 amide bonds. The number of fused-ring (bicyclic) bond motifs is 4. The Hall–Kier alpha value is -3.03. The van der Waals surface area contributed by atoms with E-state index in [1.807, 2.05) is 29.2 Å². The number of nitrogens with one attached hydrogen (secondary N) is 1. The molecule has 3 aromatic rings. The number of nitrogens with zero attached hydrogens (tertiary/aromatic N) is 5. The molecule has 1 aromatic carbocycles. The fourth-order valence-corrected chi connectivity index (χ4v) is 4.45. The van der Waals surface area contributed by atoms with Crippen molar-refractivity contribution in [3.8, 4) is 0 Å². The Labute approximate surface area is 155 Å². The van der Waals surface area contributed by atoms with Gasteiger partial charge in [0.05, 0.1) is 11.2 Å². The van der Waals surface area contributed by atoms with Crippen LogP contribution in [0.3, 0.4) is 0 Å². The number of amides is 1. The molecule has 8 nitrogen and oxygen atoms in total. The van der Waals surface area contributed by atoms with E-state index in [2.05, 4.69) is 20.3 Å². The van der Waals surface area contributed by atoms with Crippen LogP contribution in [-0.4, -0.2) is 48.9 Å². The van der Waals surface area contributed by atoms with E-state index >= 15 is 0 Å². The molecule has 27 heavy (non-hydrogen) atoms. The Bertz CT molecular complexity index is 1100. The summed E-state index contributed by atoms with van der Waals surface area (Å²) in [5.74, 6) is 1.18. The number of para-hydroxylation sites is 1. The van der Waals surface area contributed by atoms with Gasteiger partial charge in [-0.05, 0) is 37.8 Å². The van der Waals surface area contributed by atoms with Crippen LogP contribution in [0.25, 0.3) is 11.0 Å². The first-order chi connectivity index (χ1) is 13.1. The highest BCUT2D eigenvalue weighted by Gasteiger charge is 2.41. The Kier molecular flexibility index (Phi) is 3.60. The molecule has 1 N–H and O–H groups in total. The second-order valence-corrected chi connectivity index (χ2v) is 7.45. The van der Waals surface area contributed by atoms with Crippen molar-refractivity contribution >= 4 is 16.9 Å². The number of aromatic nitrogens is 5. The Morgan fingerprint density at radius 3 is 3.04 bits per heavy atom. The van der Waals surface area contributed by atoms with Gasteiger partial charge in [-0.1, -0.05) is 17.3 Å². The molecule has 5 rings (SSSR count). The fraction of sp³-hybridized carbons (Fsp3) is 0.421. The number of hydrogen-bond donors (Lipinski definition) is 1. The van der Waals surface area contributed by atoms with Crippen LogP contribution in [0.1, 0.15) is 29.4 Å². The van der Waals surface area contributed by atoms with Crippen molar-refractivity contribution in [1.82, 2.24) is 29.9 Å². The van der Waals surface area contributed by atoms with Crippen LogP contribution in [0.2, 0.25) is 0 Å². The third-order valence-corrected chi connectivity index (χ3v) is 5.78. The van der Waals surface area contributed by atoms with E-state index in [9.17, 15) is 9.59 Å². The predicted molar refractivity (Wildman–Crippen MR) is 98.3 cm³/mol. The zero-order chi connectivity index (χ0) is 18.5. The van der Waals surface area contributed by atoms with Gasteiger partial charge in [0, 0.05) is 24.6 Å². The SMILES string of the molecule is Cc1nc2c(c(=O)[nH]1)CC[C@@H]1CN(C(=O)Cn3nnc4ccccc43)C[C@H]21. The Balaban J connectivity index is 1.39. The van der Waals surface area contributed by atoms with Crippen molar-refractivity contribution in [1.29, 1.82) is 0 Å². The first-order valence-corrected chi connectivity index (χ1v) is 9.26. The summed E-state index contributed by atoms with van der Waals surface area (Å²) in [6.45, 7) is 3.30. The third-order valence-electron chi connectivity index (χ3n) is 5.78. The highest BCUT2D eigenvalue weighted by molar-refractivity contribution is 5.80. The monoisotopic (exact) mass is 364 g/mol. The molecule has 3 heterocycles. The number of rotatable bonds is 2. The second-order valence-electron chi connectivity index (χ2n) is 7.45. The van der Waals surface area contributed by atoms with E-state index < -0.39 is 0 Å². The van der Waals surface area contributed by atoms with E-state index in [1.54, 1.807) is 11.6 Å². The minimum atomic E-state index is -0.0326. The van der Waals surface area contributed by atoms with Crippen molar-refractivity contribution in [3.05, 3.63) is 51.7 Å². The molecule has 0 bridgehead atoms. The van der Waals surface area contributed by atoms with Gasteiger partial charge in [-0.15, -0.1) is 5.10 Å². The summed E-state index contributed by atoms with van der Waals surface area (Å²) in [7, 11) is 0. The number of hydrogen-bond acceptors (Lipinski definition) is 5. The highest BCUT2D eigenvalue weighted by Crippen LogP contribution is 2.39. The highest BCUT2D eigenvalue weighted by atomic mass is 16.2. The van der Waals surface area contributed by atoms with E-state index in [-0.39, 0.29) is 23.9 Å². The molecule has 8 heteroatoms. The number of carbonyl (C=O) groups excluding carboxylic acids is 1. The number of carbonyl (C=O) groups is 1. The summed E-state index contributed by atoms with van der Waals surface area (Å²) < 4.78 is 1.65. The fourth-order valence-electron chi connectivity index (χ4n) is 4.45. The second kappa shape index (κ2) is 6.00. The number of aromatic amines is 1. The molecule has 1 saturated heterocycles. The summed E-state index contributed by atoms with van der Waals surface area (Å²) in [5.41, 5.74) is 3.28. The smallest absolute Gasteiger partial charge is 0.254 e. The van der Waals surface area contributed by atoms with Crippen LogP contribution in [-0.2, 0) is 17.8 Å². The van der Waals surface area contributed by atoms with Gasteiger partial charge in [-0.3, -0.25) is 9.59 Å². The van der Waals surface area contributed by atoms with Crippen LogP contribution in [0.15, 0.2) is 29.1 Å². The zero-order valence-electron chi connectivity index (χ0n) is 15.1. The molecule has 2 aliphatic rings. The quantitative estimate of drug-likeness (QED) is 0.732. The molecule has 2 atom stereocenters. The van der Waals surface area contributed by atoms with Gasteiger partial charge in [0.15, 0.2) is 0 Å². The summed E-state index contributed by atoms with van der Waals surface area (Å²) in [5, 5.41) is 8.23. The summed E-state index contributed by atoms with van der Waals surface area (Å²) in [4.78, 5) is 34.4. The maximum absolute atomic E-state index is 12.9. The summed E-state index contributed by atoms with van der Waals surface area (Å²) in [6, 6.07) is 7.62. The van der Waals surface area contributed by atoms with E-state index in [1.165, 1.54) is 0 Å². The largest absolute Gasteiger partial charge is 0.340 e. The first kappa shape index (κ1) is 16.2. The Morgan fingerprint density at radius 1 is 1.30 bits per heavy atom. The minimum Gasteiger partial charge on any atom is -0.340 e. The number of benzene rings is 1. The van der Waals surface area contributed by atoms with Gasteiger partial charge < -0.3 is 9.88 Å². The average molecular weight is 364 g/mol. The van der Waals surface area contributed by atoms with Crippen molar-refractivity contribution in [3.63, 3.8) is 0 Å². The predicted octanol–water partition coefficient (Wildman–Crippen LogP) is 1.01. The molecule has 0 radical (unpaired) electrons. The average Bonchev–Trinajstić information content (AvgIpc) is 3.26. The van der Waals surface area contributed by atoms with E-state index in [4.69, 9.17) is 0 Å². The van der Waals surface area contributed by atoms with Crippen molar-refractivity contribution in [2.45, 2.75) is 32.2 Å². The maximum Gasteiger partial charge on any atom is 0.254 e. The molecule has 1 fully saturated rings. The molecule has 1 aliphatic carbocycles. The number of likely N-dealkylation sites (tertiary alicyclic amines) is 1. The van der Waals surface area contributed by atoms with Gasteiger partial charge in [0.2, 0.25) is 5.91 Å². The molecule has 138 valence electrons. The minimum absolute atomic E-state index is 0.0307. The standard InChI is InChI=1S/C19H20N6O2/c1-11-20-18-13(19(27)21-11)7-6-12-8-24(9-14(12)18)17(26)10-25-16-5-3-2-4-15(16)22-23-25/h2-5,12,14H,6-10H2,1H3,(H,20,21,27)/t12-,14+/m1/s1. The lowest BCUT2D eigenvalue weighted by Crippen LogP contribution is -2.32.